The number of hydrogen-bond acceptors (Lipinski definition) is 5. The molecule has 0 aromatic heterocycles. The number of fused-ring (bicyclic) bond motifs is 1. The van der Waals surface area contributed by atoms with Gasteiger partial charge in [-0.25, -0.2) is 8.42 Å². The van der Waals surface area contributed by atoms with Crippen molar-refractivity contribution in [1.29, 1.82) is 0 Å². The van der Waals surface area contributed by atoms with Gasteiger partial charge in [0.25, 0.3) is 10.0 Å². The largest absolute Gasteiger partial charge is 0.486 e. The van der Waals surface area contributed by atoms with Crippen molar-refractivity contribution >= 4 is 21.4 Å². The highest BCUT2D eigenvalue weighted by atomic mass is 32.2. The molecule has 7 heteroatoms. The average Bonchev–Trinajstić information content (AvgIpc) is 2.63. The van der Waals surface area contributed by atoms with Crippen LogP contribution in [0.25, 0.3) is 0 Å². The molecule has 0 spiro atoms. The Balaban J connectivity index is 1.79. The normalized spacial score (nSPS) is 13.4. The summed E-state index contributed by atoms with van der Waals surface area (Å²) in [6.07, 6.45) is 0. The van der Waals surface area contributed by atoms with Crippen LogP contribution in [-0.2, 0) is 10.0 Å². The Hall–Kier alpha value is -2.41. The molecule has 1 aliphatic heterocycles. The molecule has 1 N–H and O–H groups in total. The number of nitrogens with one attached hydrogen (secondary N) is 1. The molecular formula is C18H22N2O4S. The first-order valence-corrected chi connectivity index (χ1v) is 9.79. The Morgan fingerprint density at radius 1 is 0.960 bits per heavy atom. The van der Waals surface area contributed by atoms with E-state index in [9.17, 15) is 8.42 Å². The summed E-state index contributed by atoms with van der Waals surface area (Å²) in [5, 5.41) is 0. The van der Waals surface area contributed by atoms with E-state index in [0.717, 1.165) is 18.8 Å². The maximum atomic E-state index is 12.6. The van der Waals surface area contributed by atoms with Gasteiger partial charge in [-0.3, -0.25) is 4.72 Å². The van der Waals surface area contributed by atoms with Crippen molar-refractivity contribution in [3.63, 3.8) is 0 Å². The predicted octanol–water partition coefficient (Wildman–Crippen LogP) is 3.10. The number of anilines is 2. The van der Waals surface area contributed by atoms with Gasteiger partial charge in [-0.1, -0.05) is 0 Å². The molecule has 0 saturated carbocycles. The van der Waals surface area contributed by atoms with Crippen LogP contribution in [0.15, 0.2) is 47.4 Å². The first-order chi connectivity index (χ1) is 12.0. The van der Waals surface area contributed by atoms with Gasteiger partial charge in [0.2, 0.25) is 0 Å². The SMILES string of the molecule is CCN(CC)c1ccc(NS(=O)(=O)c2ccc3c(c2)OCCO3)cc1. The Kier molecular flexibility index (Phi) is 5.03. The van der Waals surface area contributed by atoms with Crippen LogP contribution in [0.2, 0.25) is 0 Å². The van der Waals surface area contributed by atoms with Crippen LogP contribution in [0, 0.1) is 0 Å². The molecule has 0 bridgehead atoms. The third-order valence-corrected chi connectivity index (χ3v) is 5.45. The number of hydrogen-bond donors (Lipinski definition) is 1. The van der Waals surface area contributed by atoms with Crippen LogP contribution in [0.4, 0.5) is 11.4 Å². The fraction of sp³-hybridized carbons (Fsp3) is 0.333. The van der Waals surface area contributed by atoms with E-state index in [2.05, 4.69) is 23.5 Å². The first-order valence-electron chi connectivity index (χ1n) is 8.31. The fourth-order valence-electron chi connectivity index (χ4n) is 2.73. The molecule has 2 aromatic carbocycles. The van der Waals surface area contributed by atoms with Gasteiger partial charge in [0.05, 0.1) is 4.90 Å². The summed E-state index contributed by atoms with van der Waals surface area (Å²) in [5.41, 5.74) is 1.58. The number of benzene rings is 2. The number of ether oxygens (including phenoxy) is 2. The number of sulfonamides is 1. The second kappa shape index (κ2) is 7.23. The predicted molar refractivity (Wildman–Crippen MR) is 98.2 cm³/mol. The zero-order valence-electron chi connectivity index (χ0n) is 14.4. The molecule has 0 amide bonds. The van der Waals surface area contributed by atoms with Gasteiger partial charge in [-0.15, -0.1) is 0 Å². The molecule has 3 rings (SSSR count). The van der Waals surface area contributed by atoms with Crippen LogP contribution in [-0.4, -0.2) is 34.7 Å². The average molecular weight is 362 g/mol. The van der Waals surface area contributed by atoms with Crippen LogP contribution < -0.4 is 19.1 Å². The Morgan fingerprint density at radius 3 is 2.24 bits per heavy atom. The van der Waals surface area contributed by atoms with E-state index in [0.29, 0.717) is 30.4 Å². The molecule has 0 fully saturated rings. The van der Waals surface area contributed by atoms with Crippen molar-refractivity contribution in [2.24, 2.45) is 0 Å². The molecule has 0 atom stereocenters. The maximum absolute atomic E-state index is 12.6. The van der Waals surface area contributed by atoms with Crippen molar-refractivity contribution in [3.05, 3.63) is 42.5 Å². The molecule has 1 heterocycles. The minimum absolute atomic E-state index is 0.143. The van der Waals surface area contributed by atoms with Crippen molar-refractivity contribution in [2.45, 2.75) is 18.7 Å². The van der Waals surface area contributed by atoms with Gasteiger partial charge in [0.1, 0.15) is 13.2 Å². The molecule has 1 aliphatic rings. The van der Waals surface area contributed by atoms with Gasteiger partial charge in [-0.05, 0) is 50.2 Å². The van der Waals surface area contributed by atoms with Crippen LogP contribution in [0.5, 0.6) is 11.5 Å². The lowest BCUT2D eigenvalue weighted by Gasteiger charge is -2.21. The van der Waals surface area contributed by atoms with Crippen LogP contribution in [0.3, 0.4) is 0 Å². The summed E-state index contributed by atoms with van der Waals surface area (Å²) in [6.45, 7) is 6.86. The maximum Gasteiger partial charge on any atom is 0.262 e. The molecule has 0 saturated heterocycles. The van der Waals surface area contributed by atoms with Crippen LogP contribution in [0.1, 0.15) is 13.8 Å². The standard InChI is InChI=1S/C18H22N2O4S/c1-3-20(4-2)15-7-5-14(6-8-15)19-25(21,22)16-9-10-17-18(13-16)24-12-11-23-17/h5-10,13,19H,3-4,11-12H2,1-2H3. The minimum atomic E-state index is -3.69. The zero-order chi connectivity index (χ0) is 17.9. The molecule has 6 nitrogen and oxygen atoms in total. The lowest BCUT2D eigenvalue weighted by molar-refractivity contribution is 0.171. The van der Waals surface area contributed by atoms with E-state index < -0.39 is 10.0 Å². The second-order valence-corrected chi connectivity index (χ2v) is 7.31. The number of nitrogens with zero attached hydrogens (tertiary/aromatic N) is 1. The van der Waals surface area contributed by atoms with Crippen molar-refractivity contribution in [3.8, 4) is 11.5 Å². The molecule has 25 heavy (non-hydrogen) atoms. The monoisotopic (exact) mass is 362 g/mol. The summed E-state index contributed by atoms with van der Waals surface area (Å²) in [7, 11) is -3.69. The minimum Gasteiger partial charge on any atom is -0.486 e. The summed E-state index contributed by atoms with van der Waals surface area (Å²) in [5.74, 6) is 1.01. The fourth-order valence-corrected chi connectivity index (χ4v) is 3.81. The highest BCUT2D eigenvalue weighted by Gasteiger charge is 2.19. The second-order valence-electron chi connectivity index (χ2n) is 5.63. The van der Waals surface area contributed by atoms with E-state index in [1.54, 1.807) is 18.2 Å². The molecule has 2 aromatic rings. The lowest BCUT2D eigenvalue weighted by atomic mass is 10.2. The van der Waals surface area contributed by atoms with Gasteiger partial charge in [-0.2, -0.15) is 0 Å². The third-order valence-electron chi connectivity index (χ3n) is 4.07. The molecule has 0 unspecified atom stereocenters. The van der Waals surface area contributed by atoms with E-state index in [1.165, 1.54) is 12.1 Å². The summed E-state index contributed by atoms with van der Waals surface area (Å²) >= 11 is 0. The third kappa shape index (κ3) is 3.82. The van der Waals surface area contributed by atoms with Gasteiger partial charge in [0, 0.05) is 30.5 Å². The van der Waals surface area contributed by atoms with Gasteiger partial charge < -0.3 is 14.4 Å². The molecule has 0 radical (unpaired) electrons. The number of rotatable bonds is 6. The van der Waals surface area contributed by atoms with Crippen LogP contribution >= 0.6 is 0 Å². The molecule has 134 valence electrons. The van der Waals surface area contributed by atoms with Gasteiger partial charge >= 0.3 is 0 Å². The highest BCUT2D eigenvalue weighted by molar-refractivity contribution is 7.92. The summed E-state index contributed by atoms with van der Waals surface area (Å²) in [4.78, 5) is 2.34. The van der Waals surface area contributed by atoms with E-state index in [-0.39, 0.29) is 4.90 Å². The lowest BCUT2D eigenvalue weighted by Crippen LogP contribution is -2.21. The quantitative estimate of drug-likeness (QED) is 0.855. The molecule has 0 aliphatic carbocycles. The highest BCUT2D eigenvalue weighted by Crippen LogP contribution is 2.32. The van der Waals surface area contributed by atoms with Crippen molar-refractivity contribution in [2.75, 3.05) is 35.9 Å². The zero-order valence-corrected chi connectivity index (χ0v) is 15.2. The summed E-state index contributed by atoms with van der Waals surface area (Å²) in [6, 6.07) is 12.0. The van der Waals surface area contributed by atoms with E-state index >= 15 is 0 Å². The van der Waals surface area contributed by atoms with E-state index in [1.807, 2.05) is 12.1 Å². The van der Waals surface area contributed by atoms with Gasteiger partial charge in [0.15, 0.2) is 11.5 Å². The first kappa shape index (κ1) is 17.4. The molecular weight excluding hydrogens is 340 g/mol. The topological polar surface area (TPSA) is 67.9 Å². The van der Waals surface area contributed by atoms with E-state index in [4.69, 9.17) is 9.47 Å². The Bertz CT molecular complexity index is 831. The van der Waals surface area contributed by atoms with Crippen molar-refractivity contribution < 1.29 is 17.9 Å². The summed E-state index contributed by atoms with van der Waals surface area (Å²) < 4.78 is 38.7. The van der Waals surface area contributed by atoms with Crippen molar-refractivity contribution in [1.82, 2.24) is 0 Å². The Morgan fingerprint density at radius 2 is 1.60 bits per heavy atom. The Labute approximate surface area is 148 Å². The smallest absolute Gasteiger partial charge is 0.262 e.